The lowest BCUT2D eigenvalue weighted by Gasteiger charge is -2.15. The number of hydrogen-bond donors (Lipinski definition) is 1. The zero-order chi connectivity index (χ0) is 21.5. The van der Waals surface area contributed by atoms with Crippen LogP contribution in [0.5, 0.6) is 0 Å². The van der Waals surface area contributed by atoms with Gasteiger partial charge in [0.05, 0.1) is 21.8 Å². The van der Waals surface area contributed by atoms with E-state index in [0.717, 1.165) is 27.2 Å². The van der Waals surface area contributed by atoms with Crippen LogP contribution in [-0.4, -0.2) is 4.98 Å². The van der Waals surface area contributed by atoms with E-state index >= 15 is 0 Å². The molecule has 0 amide bonds. The van der Waals surface area contributed by atoms with Crippen LogP contribution < -0.4 is 5.32 Å². The number of nitriles is 1. The van der Waals surface area contributed by atoms with Crippen molar-refractivity contribution in [2.75, 3.05) is 5.32 Å². The molecule has 32 heavy (non-hydrogen) atoms. The number of nitrogens with one attached hydrogen (secondary N) is 1. The first-order valence-corrected chi connectivity index (χ1v) is 12.0. The summed E-state index contributed by atoms with van der Waals surface area (Å²) in [5.41, 5.74) is 7.27. The van der Waals surface area contributed by atoms with Gasteiger partial charge in [0.2, 0.25) is 0 Å². The molecule has 0 fully saturated rings. The van der Waals surface area contributed by atoms with Gasteiger partial charge in [-0.3, -0.25) is 0 Å². The Balaban J connectivity index is 1.49. The van der Waals surface area contributed by atoms with Crippen LogP contribution in [0.3, 0.4) is 0 Å². The molecule has 2 heterocycles. The van der Waals surface area contributed by atoms with Crippen molar-refractivity contribution in [3.63, 3.8) is 0 Å². The zero-order valence-corrected chi connectivity index (χ0v) is 18.6. The predicted molar refractivity (Wildman–Crippen MR) is 134 cm³/mol. The molecule has 1 aromatic heterocycles. The van der Waals surface area contributed by atoms with Crippen molar-refractivity contribution < 1.29 is 0 Å². The molecule has 1 aliphatic heterocycles. The molecular formula is C27H17N3S2. The van der Waals surface area contributed by atoms with Gasteiger partial charge >= 0.3 is 0 Å². The molecule has 5 aromatic rings. The highest BCUT2D eigenvalue weighted by Gasteiger charge is 2.24. The van der Waals surface area contributed by atoms with Gasteiger partial charge in [-0.2, -0.15) is 5.26 Å². The first kappa shape index (κ1) is 19.1. The molecule has 0 aliphatic carbocycles. The molecule has 1 atom stereocenters. The van der Waals surface area contributed by atoms with Crippen LogP contribution in [0.1, 0.15) is 16.5 Å². The fourth-order valence-electron chi connectivity index (χ4n) is 3.99. The lowest BCUT2D eigenvalue weighted by atomic mass is 9.98. The van der Waals surface area contributed by atoms with Gasteiger partial charge in [0.25, 0.3) is 0 Å². The van der Waals surface area contributed by atoms with Gasteiger partial charge in [-0.05, 0) is 71.3 Å². The normalized spacial score (nSPS) is 14.7. The Morgan fingerprint density at radius 3 is 2.53 bits per heavy atom. The summed E-state index contributed by atoms with van der Waals surface area (Å²) < 4.78 is 1.18. The van der Waals surface area contributed by atoms with Crippen molar-refractivity contribution in [3.05, 3.63) is 102 Å². The number of anilines is 1. The predicted octanol–water partition coefficient (Wildman–Crippen LogP) is 7.72. The minimum absolute atomic E-state index is 0.125. The van der Waals surface area contributed by atoms with Crippen molar-refractivity contribution in [3.8, 4) is 27.8 Å². The molecule has 4 aromatic carbocycles. The lowest BCUT2D eigenvalue weighted by Crippen LogP contribution is -2.02. The first-order valence-electron chi connectivity index (χ1n) is 10.3. The van der Waals surface area contributed by atoms with Crippen LogP contribution in [0.2, 0.25) is 0 Å². The maximum atomic E-state index is 9.38. The van der Waals surface area contributed by atoms with E-state index in [1.54, 1.807) is 11.3 Å². The summed E-state index contributed by atoms with van der Waals surface area (Å²) in [7, 11) is 0. The molecule has 0 saturated carbocycles. The van der Waals surface area contributed by atoms with Gasteiger partial charge in [-0.25, -0.2) is 4.98 Å². The van der Waals surface area contributed by atoms with Gasteiger partial charge in [0.15, 0.2) is 0 Å². The van der Waals surface area contributed by atoms with Crippen LogP contribution in [0.15, 0.2) is 95.9 Å². The number of nitrogens with zero attached hydrogens (tertiary/aromatic N) is 2. The van der Waals surface area contributed by atoms with Gasteiger partial charge in [-0.1, -0.05) is 48.2 Å². The van der Waals surface area contributed by atoms with Crippen LogP contribution in [0.25, 0.3) is 31.9 Å². The van der Waals surface area contributed by atoms with Crippen molar-refractivity contribution in [1.29, 1.82) is 5.26 Å². The van der Waals surface area contributed by atoms with Crippen LogP contribution in [0.4, 0.5) is 5.69 Å². The van der Waals surface area contributed by atoms with Gasteiger partial charge in [0, 0.05) is 16.1 Å². The van der Waals surface area contributed by atoms with E-state index in [4.69, 9.17) is 4.98 Å². The highest BCUT2D eigenvalue weighted by molar-refractivity contribution is 8.00. The number of benzene rings is 4. The van der Waals surface area contributed by atoms with Crippen molar-refractivity contribution in [2.45, 2.75) is 10.3 Å². The molecule has 6 rings (SSSR count). The summed E-state index contributed by atoms with van der Waals surface area (Å²) >= 11 is 3.54. The molecule has 3 nitrogen and oxygen atoms in total. The average Bonchev–Trinajstić information content (AvgIpc) is 3.48. The number of aromatic nitrogens is 1. The largest absolute Gasteiger partial charge is 0.368 e. The number of para-hydroxylation sites is 2. The fraction of sp³-hybridized carbons (Fsp3) is 0.0370. The molecule has 0 spiro atoms. The van der Waals surface area contributed by atoms with E-state index < -0.39 is 0 Å². The molecule has 1 aliphatic rings. The second-order valence-corrected chi connectivity index (χ2v) is 9.84. The van der Waals surface area contributed by atoms with E-state index in [1.165, 1.54) is 20.8 Å². The van der Waals surface area contributed by atoms with Crippen molar-refractivity contribution in [1.82, 2.24) is 4.98 Å². The Kier molecular flexibility index (Phi) is 4.68. The smallest absolute Gasteiger partial charge is 0.124 e. The van der Waals surface area contributed by atoms with Crippen LogP contribution in [-0.2, 0) is 0 Å². The SMILES string of the molecule is N#Cc1cccc(-c2cc(-c3nc4ccccc4s3)cc(C3Nc4ccccc4S3)c2)c1. The number of thioether (sulfide) groups is 1. The molecule has 152 valence electrons. The topological polar surface area (TPSA) is 48.7 Å². The first-order chi connectivity index (χ1) is 15.8. The van der Waals surface area contributed by atoms with Gasteiger partial charge in [0.1, 0.15) is 10.4 Å². The summed E-state index contributed by atoms with van der Waals surface area (Å²) in [5.74, 6) is 0. The third-order valence-electron chi connectivity index (χ3n) is 5.54. The number of rotatable bonds is 3. The minimum Gasteiger partial charge on any atom is -0.368 e. The Labute approximate surface area is 194 Å². The second-order valence-electron chi connectivity index (χ2n) is 7.66. The minimum atomic E-state index is 0.125. The van der Waals surface area contributed by atoms with E-state index in [2.05, 4.69) is 78.1 Å². The van der Waals surface area contributed by atoms with Crippen LogP contribution in [0, 0.1) is 11.3 Å². The van der Waals surface area contributed by atoms with Gasteiger partial charge in [-0.15, -0.1) is 11.3 Å². The van der Waals surface area contributed by atoms with E-state index in [0.29, 0.717) is 5.56 Å². The summed E-state index contributed by atoms with van der Waals surface area (Å²) in [6, 6.07) is 33.4. The lowest BCUT2D eigenvalue weighted by molar-refractivity contribution is 1.13. The van der Waals surface area contributed by atoms with E-state index in [1.807, 2.05) is 36.0 Å². The van der Waals surface area contributed by atoms with Gasteiger partial charge < -0.3 is 5.32 Å². The Morgan fingerprint density at radius 1 is 0.812 bits per heavy atom. The standard InChI is InChI=1S/C27H17N3S2/c28-16-17-6-5-7-18(12-17)19-13-20(26-29-22-8-1-3-10-24(22)31-26)15-21(14-19)27-30-23-9-2-4-11-25(23)32-27/h1-15,26,29H. The molecule has 0 saturated heterocycles. The maximum absolute atomic E-state index is 9.38. The Bertz CT molecular complexity index is 1460. The molecule has 1 unspecified atom stereocenters. The van der Waals surface area contributed by atoms with E-state index in [9.17, 15) is 5.26 Å². The monoisotopic (exact) mass is 447 g/mol. The highest BCUT2D eigenvalue weighted by atomic mass is 32.2. The molecular weight excluding hydrogens is 430 g/mol. The molecule has 5 heteroatoms. The third-order valence-corrected chi connectivity index (χ3v) is 7.86. The molecule has 0 bridgehead atoms. The number of thiazole rings is 1. The van der Waals surface area contributed by atoms with Crippen molar-refractivity contribution >= 4 is 39.0 Å². The highest BCUT2D eigenvalue weighted by Crippen LogP contribution is 2.47. The summed E-state index contributed by atoms with van der Waals surface area (Å²) in [6.45, 7) is 0. The third kappa shape index (κ3) is 3.44. The average molecular weight is 448 g/mol. The van der Waals surface area contributed by atoms with E-state index in [-0.39, 0.29) is 5.37 Å². The van der Waals surface area contributed by atoms with Crippen molar-refractivity contribution in [2.24, 2.45) is 0 Å². The summed E-state index contributed by atoms with van der Waals surface area (Å²) in [5, 5.41) is 14.2. The summed E-state index contributed by atoms with van der Waals surface area (Å²) in [6.07, 6.45) is 0. The van der Waals surface area contributed by atoms with Crippen LogP contribution >= 0.6 is 23.1 Å². The Morgan fingerprint density at radius 2 is 1.66 bits per heavy atom. The molecule has 0 radical (unpaired) electrons. The number of fused-ring (bicyclic) bond motifs is 2. The quantitative estimate of drug-likeness (QED) is 0.308. The molecule has 1 N–H and O–H groups in total. The number of hydrogen-bond acceptors (Lipinski definition) is 5. The fourth-order valence-corrected chi connectivity index (χ4v) is 6.07. The summed E-state index contributed by atoms with van der Waals surface area (Å²) in [4.78, 5) is 6.16. The zero-order valence-electron chi connectivity index (χ0n) is 16.9. The second kappa shape index (κ2) is 7.83. The maximum Gasteiger partial charge on any atom is 0.124 e. The Hall–Kier alpha value is -3.59.